The molecule has 0 aliphatic rings. The van der Waals surface area contributed by atoms with E-state index in [0.717, 1.165) is 16.7 Å². The average Bonchev–Trinajstić information content (AvgIpc) is 2.48. The molecule has 20 heavy (non-hydrogen) atoms. The smallest absolute Gasteiger partial charge is 0.0489 e. The van der Waals surface area contributed by atoms with E-state index in [2.05, 4.69) is 69.6 Å². The summed E-state index contributed by atoms with van der Waals surface area (Å²) in [6.07, 6.45) is 3.83. The number of fused-ring (bicyclic) bond motifs is 1. The summed E-state index contributed by atoms with van der Waals surface area (Å²) in [6, 6.07) is 14.6. The summed E-state index contributed by atoms with van der Waals surface area (Å²) >= 11 is 3.58. The van der Waals surface area contributed by atoms with Gasteiger partial charge in [0.1, 0.15) is 0 Å². The van der Waals surface area contributed by atoms with Crippen molar-refractivity contribution in [2.24, 2.45) is 0 Å². The van der Waals surface area contributed by atoms with Crippen LogP contribution in [-0.4, -0.2) is 4.98 Å². The minimum atomic E-state index is 0.760. The first kappa shape index (κ1) is 13.1. The van der Waals surface area contributed by atoms with Gasteiger partial charge >= 0.3 is 0 Å². The molecule has 3 aromatic rings. The number of hydrogen-bond acceptors (Lipinski definition) is 2. The predicted octanol–water partition coefficient (Wildman–Crippen LogP) is 4.92. The molecule has 1 N–H and O–H groups in total. The molecule has 0 bridgehead atoms. The number of benzene rings is 2. The van der Waals surface area contributed by atoms with E-state index in [9.17, 15) is 0 Å². The zero-order chi connectivity index (χ0) is 13.9. The first-order valence-electron chi connectivity index (χ1n) is 6.56. The minimum absolute atomic E-state index is 0.760. The van der Waals surface area contributed by atoms with Crippen molar-refractivity contribution in [2.45, 2.75) is 13.5 Å². The van der Waals surface area contributed by atoms with Crippen LogP contribution in [0.4, 0.5) is 5.69 Å². The Hall–Kier alpha value is -1.87. The van der Waals surface area contributed by atoms with Crippen molar-refractivity contribution < 1.29 is 0 Å². The predicted molar refractivity (Wildman–Crippen MR) is 87.9 cm³/mol. The maximum Gasteiger partial charge on any atom is 0.0489 e. The highest BCUT2D eigenvalue weighted by molar-refractivity contribution is 9.10. The standard InChI is InChI=1S/C17H15BrN2/c1-12-6-7-16(18)17(8-12)20-11-14-10-19-9-13-4-2-3-5-15(13)14/h2-10,20H,11H2,1H3. The highest BCUT2D eigenvalue weighted by atomic mass is 79.9. The van der Waals surface area contributed by atoms with Crippen LogP contribution in [0.3, 0.4) is 0 Å². The monoisotopic (exact) mass is 326 g/mol. The van der Waals surface area contributed by atoms with Gasteiger partial charge in [0.05, 0.1) is 0 Å². The molecule has 0 saturated heterocycles. The summed E-state index contributed by atoms with van der Waals surface area (Å²) in [5.41, 5.74) is 3.56. The fourth-order valence-corrected chi connectivity index (χ4v) is 2.67. The maximum atomic E-state index is 4.31. The van der Waals surface area contributed by atoms with Gasteiger partial charge in [-0.25, -0.2) is 0 Å². The summed E-state index contributed by atoms with van der Waals surface area (Å²) in [6.45, 7) is 2.85. The molecule has 0 amide bonds. The van der Waals surface area contributed by atoms with Crippen LogP contribution in [-0.2, 0) is 6.54 Å². The number of nitrogens with one attached hydrogen (secondary N) is 1. The Morgan fingerprint density at radius 3 is 2.85 bits per heavy atom. The van der Waals surface area contributed by atoms with E-state index >= 15 is 0 Å². The van der Waals surface area contributed by atoms with Gasteiger partial charge in [0.2, 0.25) is 0 Å². The second kappa shape index (κ2) is 5.63. The molecule has 1 aromatic heterocycles. The molecule has 2 aromatic carbocycles. The number of aromatic nitrogens is 1. The summed E-state index contributed by atoms with van der Waals surface area (Å²) < 4.78 is 1.08. The third-order valence-corrected chi connectivity index (χ3v) is 4.03. The zero-order valence-electron chi connectivity index (χ0n) is 11.2. The Balaban J connectivity index is 1.89. The minimum Gasteiger partial charge on any atom is -0.380 e. The van der Waals surface area contributed by atoms with Gasteiger partial charge in [0.15, 0.2) is 0 Å². The molecule has 0 saturated carbocycles. The van der Waals surface area contributed by atoms with Crippen molar-refractivity contribution in [1.29, 1.82) is 0 Å². The van der Waals surface area contributed by atoms with E-state index in [0.29, 0.717) is 0 Å². The summed E-state index contributed by atoms with van der Waals surface area (Å²) in [5, 5.41) is 5.90. The van der Waals surface area contributed by atoms with Crippen LogP contribution in [0.5, 0.6) is 0 Å². The van der Waals surface area contributed by atoms with Gasteiger partial charge < -0.3 is 5.32 Å². The topological polar surface area (TPSA) is 24.9 Å². The Morgan fingerprint density at radius 2 is 1.95 bits per heavy atom. The molecule has 0 aliphatic heterocycles. The van der Waals surface area contributed by atoms with Crippen molar-refractivity contribution >= 4 is 32.4 Å². The molecule has 3 rings (SSSR count). The molecule has 0 aliphatic carbocycles. The first-order valence-corrected chi connectivity index (χ1v) is 7.35. The van der Waals surface area contributed by atoms with Crippen LogP contribution >= 0.6 is 15.9 Å². The van der Waals surface area contributed by atoms with E-state index < -0.39 is 0 Å². The van der Waals surface area contributed by atoms with Gasteiger partial charge in [-0.2, -0.15) is 0 Å². The van der Waals surface area contributed by atoms with E-state index in [1.807, 2.05) is 18.5 Å². The molecular formula is C17H15BrN2. The Kier molecular flexibility index (Phi) is 3.70. The second-order valence-electron chi connectivity index (χ2n) is 4.86. The Bertz CT molecular complexity index is 748. The van der Waals surface area contributed by atoms with Gasteiger partial charge in [0, 0.05) is 34.5 Å². The average molecular weight is 327 g/mol. The van der Waals surface area contributed by atoms with Crippen molar-refractivity contribution in [2.75, 3.05) is 5.32 Å². The van der Waals surface area contributed by atoms with Crippen LogP contribution in [0, 0.1) is 6.92 Å². The lowest BCUT2D eigenvalue weighted by Gasteiger charge is -2.11. The van der Waals surface area contributed by atoms with E-state index in [-0.39, 0.29) is 0 Å². The molecule has 3 heteroatoms. The van der Waals surface area contributed by atoms with Crippen molar-refractivity contribution in [1.82, 2.24) is 4.98 Å². The van der Waals surface area contributed by atoms with Gasteiger partial charge in [0.25, 0.3) is 0 Å². The second-order valence-corrected chi connectivity index (χ2v) is 5.71. The molecule has 0 radical (unpaired) electrons. The molecule has 0 unspecified atom stereocenters. The quantitative estimate of drug-likeness (QED) is 0.739. The third kappa shape index (κ3) is 2.68. The number of rotatable bonds is 3. The first-order chi connectivity index (χ1) is 9.74. The molecule has 100 valence electrons. The zero-order valence-corrected chi connectivity index (χ0v) is 12.8. The lowest BCUT2D eigenvalue weighted by Crippen LogP contribution is -2.01. The van der Waals surface area contributed by atoms with Crippen molar-refractivity contribution in [3.05, 3.63) is 70.5 Å². The van der Waals surface area contributed by atoms with Crippen LogP contribution in [0.1, 0.15) is 11.1 Å². The molecule has 2 nitrogen and oxygen atoms in total. The Labute approximate surface area is 127 Å². The number of halogens is 1. The molecule has 0 spiro atoms. The fourth-order valence-electron chi connectivity index (χ4n) is 2.29. The van der Waals surface area contributed by atoms with E-state index in [4.69, 9.17) is 0 Å². The number of pyridine rings is 1. The van der Waals surface area contributed by atoms with Crippen LogP contribution < -0.4 is 5.32 Å². The summed E-state index contributed by atoms with van der Waals surface area (Å²) in [7, 11) is 0. The van der Waals surface area contributed by atoms with Crippen molar-refractivity contribution in [3.8, 4) is 0 Å². The molecule has 0 atom stereocenters. The molecule has 0 fully saturated rings. The lowest BCUT2D eigenvalue weighted by atomic mass is 10.1. The fraction of sp³-hybridized carbons (Fsp3) is 0.118. The number of nitrogens with zero attached hydrogens (tertiary/aromatic N) is 1. The Morgan fingerprint density at radius 1 is 1.10 bits per heavy atom. The SMILES string of the molecule is Cc1ccc(Br)c(NCc2cncc3ccccc23)c1. The van der Waals surface area contributed by atoms with Gasteiger partial charge in [-0.1, -0.05) is 30.3 Å². The largest absolute Gasteiger partial charge is 0.380 e. The molecule has 1 heterocycles. The van der Waals surface area contributed by atoms with E-state index in [1.165, 1.54) is 21.9 Å². The summed E-state index contributed by atoms with van der Waals surface area (Å²) in [4.78, 5) is 4.31. The number of aryl methyl sites for hydroxylation is 1. The maximum absolute atomic E-state index is 4.31. The van der Waals surface area contributed by atoms with Crippen LogP contribution in [0.2, 0.25) is 0 Å². The summed E-state index contributed by atoms with van der Waals surface area (Å²) in [5.74, 6) is 0. The highest BCUT2D eigenvalue weighted by Crippen LogP contribution is 2.25. The van der Waals surface area contributed by atoms with Gasteiger partial charge in [-0.15, -0.1) is 0 Å². The number of anilines is 1. The number of hydrogen-bond donors (Lipinski definition) is 1. The third-order valence-electron chi connectivity index (χ3n) is 3.34. The highest BCUT2D eigenvalue weighted by Gasteiger charge is 2.03. The van der Waals surface area contributed by atoms with Crippen LogP contribution in [0.15, 0.2) is 59.3 Å². The van der Waals surface area contributed by atoms with Gasteiger partial charge in [-0.05, 0) is 51.5 Å². The van der Waals surface area contributed by atoms with Crippen molar-refractivity contribution in [3.63, 3.8) is 0 Å². The normalized spacial score (nSPS) is 10.7. The van der Waals surface area contributed by atoms with Crippen LogP contribution in [0.25, 0.3) is 10.8 Å². The van der Waals surface area contributed by atoms with Gasteiger partial charge in [-0.3, -0.25) is 4.98 Å². The molecular weight excluding hydrogens is 312 g/mol. The lowest BCUT2D eigenvalue weighted by molar-refractivity contribution is 1.13. The van der Waals surface area contributed by atoms with E-state index in [1.54, 1.807) is 0 Å².